The fourth-order valence-electron chi connectivity index (χ4n) is 2.94. The molecule has 1 amide bonds. The minimum absolute atomic E-state index is 0.280. The average Bonchev–Trinajstić information content (AvgIpc) is 2.60. The second-order valence-corrected chi connectivity index (χ2v) is 8.27. The average molecular weight is 408 g/mol. The molecule has 1 aliphatic rings. The third-order valence-corrected chi connectivity index (χ3v) is 4.74. The van der Waals surface area contributed by atoms with Crippen LogP contribution in [0.1, 0.15) is 20.8 Å². The highest BCUT2D eigenvalue weighted by Gasteiger charge is 2.26. The van der Waals surface area contributed by atoms with Crippen LogP contribution in [0.25, 0.3) is 11.1 Å². The number of carbonyl (C=O) groups is 1. The van der Waals surface area contributed by atoms with E-state index >= 15 is 0 Å². The van der Waals surface area contributed by atoms with Crippen LogP contribution in [-0.2, 0) is 4.74 Å². The van der Waals surface area contributed by atoms with E-state index in [0.29, 0.717) is 36.4 Å². The molecular weight excluding hydrogens is 385 g/mol. The third kappa shape index (κ3) is 5.05. The zero-order valence-electron chi connectivity index (χ0n) is 15.7. The van der Waals surface area contributed by atoms with Gasteiger partial charge >= 0.3 is 6.09 Å². The van der Waals surface area contributed by atoms with Gasteiger partial charge < -0.3 is 14.5 Å². The van der Waals surface area contributed by atoms with Crippen molar-refractivity contribution >= 4 is 35.1 Å². The number of hydrogen-bond donors (Lipinski definition) is 0. The van der Waals surface area contributed by atoms with Crippen molar-refractivity contribution in [3.8, 4) is 11.1 Å². The number of aromatic nitrogens is 1. The van der Waals surface area contributed by atoms with Gasteiger partial charge in [0.25, 0.3) is 0 Å². The summed E-state index contributed by atoms with van der Waals surface area (Å²) in [6.45, 7) is 8.08. The fourth-order valence-corrected chi connectivity index (χ4v) is 3.39. The molecule has 144 valence electrons. The van der Waals surface area contributed by atoms with Gasteiger partial charge in [0.05, 0.1) is 0 Å². The maximum absolute atomic E-state index is 12.2. The van der Waals surface area contributed by atoms with E-state index in [0.717, 1.165) is 16.9 Å². The first-order valence-electron chi connectivity index (χ1n) is 8.88. The Balaban J connectivity index is 1.73. The first kappa shape index (κ1) is 19.8. The molecule has 1 fully saturated rings. The van der Waals surface area contributed by atoms with E-state index in [1.54, 1.807) is 4.90 Å². The van der Waals surface area contributed by atoms with Gasteiger partial charge in [-0.3, -0.25) is 0 Å². The molecule has 2 aromatic rings. The normalized spacial score (nSPS) is 15.0. The summed E-state index contributed by atoms with van der Waals surface area (Å²) in [6, 6.07) is 11.4. The molecule has 0 spiro atoms. The number of carbonyl (C=O) groups excluding carboxylic acids is 1. The van der Waals surface area contributed by atoms with Crippen molar-refractivity contribution in [2.24, 2.45) is 0 Å². The molecule has 0 N–H and O–H groups in total. The van der Waals surface area contributed by atoms with Gasteiger partial charge in [0.1, 0.15) is 16.6 Å². The SMILES string of the molecule is CC(C)(C)OC(=O)N1CCN(c2cc(-c3ccccc3Cl)cc(Cl)n2)CC1. The number of benzene rings is 1. The van der Waals surface area contributed by atoms with Crippen molar-refractivity contribution in [2.45, 2.75) is 26.4 Å². The van der Waals surface area contributed by atoms with Gasteiger partial charge in [-0.05, 0) is 44.5 Å². The molecule has 7 heteroatoms. The van der Waals surface area contributed by atoms with Gasteiger partial charge in [-0.15, -0.1) is 0 Å². The lowest BCUT2D eigenvalue weighted by atomic mass is 10.1. The van der Waals surface area contributed by atoms with Gasteiger partial charge in [0.2, 0.25) is 0 Å². The number of amides is 1. The summed E-state index contributed by atoms with van der Waals surface area (Å²) in [7, 11) is 0. The largest absolute Gasteiger partial charge is 0.444 e. The standard InChI is InChI=1S/C20H23Cl2N3O2/c1-20(2,3)27-19(26)25-10-8-24(9-11-25)18-13-14(12-17(22)23-18)15-6-4-5-7-16(15)21/h4-7,12-13H,8-11H2,1-3H3. The van der Waals surface area contributed by atoms with Crippen molar-refractivity contribution in [1.82, 2.24) is 9.88 Å². The molecule has 1 saturated heterocycles. The maximum atomic E-state index is 12.2. The first-order valence-corrected chi connectivity index (χ1v) is 9.64. The zero-order valence-corrected chi connectivity index (χ0v) is 17.2. The molecule has 27 heavy (non-hydrogen) atoms. The third-order valence-electron chi connectivity index (χ3n) is 4.22. The molecule has 0 unspecified atom stereocenters. The second-order valence-electron chi connectivity index (χ2n) is 7.47. The van der Waals surface area contributed by atoms with Gasteiger partial charge in [-0.2, -0.15) is 0 Å². The summed E-state index contributed by atoms with van der Waals surface area (Å²) < 4.78 is 5.44. The van der Waals surface area contributed by atoms with Gasteiger partial charge in [-0.25, -0.2) is 9.78 Å². The summed E-state index contributed by atoms with van der Waals surface area (Å²) in [5, 5.41) is 1.08. The number of ether oxygens (including phenoxy) is 1. The molecule has 0 bridgehead atoms. The zero-order chi connectivity index (χ0) is 19.6. The highest BCUT2D eigenvalue weighted by Crippen LogP contribution is 2.31. The van der Waals surface area contributed by atoms with E-state index in [4.69, 9.17) is 27.9 Å². The van der Waals surface area contributed by atoms with Crippen molar-refractivity contribution in [1.29, 1.82) is 0 Å². The van der Waals surface area contributed by atoms with Crippen molar-refractivity contribution in [3.63, 3.8) is 0 Å². The minimum atomic E-state index is -0.493. The Morgan fingerprint density at radius 3 is 2.37 bits per heavy atom. The molecule has 0 aliphatic carbocycles. The Morgan fingerprint density at radius 2 is 1.74 bits per heavy atom. The van der Waals surface area contributed by atoms with Crippen LogP contribution in [0.2, 0.25) is 10.2 Å². The molecule has 1 aliphatic heterocycles. The number of anilines is 1. The van der Waals surface area contributed by atoms with Crippen molar-refractivity contribution in [3.05, 3.63) is 46.6 Å². The van der Waals surface area contributed by atoms with Crippen molar-refractivity contribution < 1.29 is 9.53 Å². The molecule has 1 aromatic carbocycles. The number of rotatable bonds is 2. The van der Waals surface area contributed by atoms with E-state index in [1.165, 1.54) is 0 Å². The number of nitrogens with zero attached hydrogens (tertiary/aromatic N) is 3. The first-order chi connectivity index (χ1) is 12.7. The summed E-state index contributed by atoms with van der Waals surface area (Å²) in [5.74, 6) is 0.779. The van der Waals surface area contributed by atoms with E-state index in [1.807, 2.05) is 57.2 Å². The number of piperazine rings is 1. The van der Waals surface area contributed by atoms with Crippen LogP contribution in [0.3, 0.4) is 0 Å². The molecule has 1 aromatic heterocycles. The monoisotopic (exact) mass is 407 g/mol. The van der Waals surface area contributed by atoms with Gasteiger partial charge in [0.15, 0.2) is 0 Å². The number of pyridine rings is 1. The Hall–Kier alpha value is -1.98. The maximum Gasteiger partial charge on any atom is 0.410 e. The molecule has 3 rings (SSSR count). The molecule has 0 radical (unpaired) electrons. The van der Waals surface area contributed by atoms with Crippen LogP contribution in [0.15, 0.2) is 36.4 Å². The highest BCUT2D eigenvalue weighted by atomic mass is 35.5. The van der Waals surface area contributed by atoms with E-state index in [2.05, 4.69) is 9.88 Å². The highest BCUT2D eigenvalue weighted by molar-refractivity contribution is 6.33. The number of halogens is 2. The van der Waals surface area contributed by atoms with E-state index in [9.17, 15) is 4.79 Å². The Labute approximate surface area is 169 Å². The fraction of sp³-hybridized carbons (Fsp3) is 0.400. The summed E-state index contributed by atoms with van der Waals surface area (Å²) in [5.41, 5.74) is 1.34. The van der Waals surface area contributed by atoms with Gasteiger partial charge in [-0.1, -0.05) is 41.4 Å². The summed E-state index contributed by atoms with van der Waals surface area (Å²) in [4.78, 5) is 20.5. The van der Waals surface area contributed by atoms with E-state index in [-0.39, 0.29) is 6.09 Å². The van der Waals surface area contributed by atoms with Crippen LogP contribution in [0.4, 0.5) is 10.6 Å². The van der Waals surface area contributed by atoms with Crippen molar-refractivity contribution in [2.75, 3.05) is 31.1 Å². The van der Waals surface area contributed by atoms with Crippen LogP contribution in [-0.4, -0.2) is 47.8 Å². The predicted octanol–water partition coefficient (Wildman–Crippen LogP) is 5.11. The van der Waals surface area contributed by atoms with Crippen LogP contribution >= 0.6 is 23.2 Å². The Kier molecular flexibility index (Phi) is 5.82. The smallest absolute Gasteiger partial charge is 0.410 e. The van der Waals surface area contributed by atoms with E-state index < -0.39 is 5.60 Å². The lowest BCUT2D eigenvalue weighted by Crippen LogP contribution is -2.50. The molecule has 2 heterocycles. The topological polar surface area (TPSA) is 45.7 Å². The number of hydrogen-bond acceptors (Lipinski definition) is 4. The molecule has 0 saturated carbocycles. The Morgan fingerprint density at radius 1 is 1.07 bits per heavy atom. The van der Waals surface area contributed by atoms with Gasteiger partial charge in [0, 0.05) is 36.8 Å². The predicted molar refractivity (Wildman–Crippen MR) is 110 cm³/mol. The minimum Gasteiger partial charge on any atom is -0.444 e. The quantitative estimate of drug-likeness (QED) is 0.648. The molecular formula is C20H23Cl2N3O2. The van der Waals surface area contributed by atoms with Crippen LogP contribution in [0.5, 0.6) is 0 Å². The molecule has 5 nitrogen and oxygen atoms in total. The van der Waals surface area contributed by atoms with Crippen LogP contribution in [0, 0.1) is 0 Å². The second kappa shape index (κ2) is 7.95. The Bertz CT molecular complexity index is 828. The lowest BCUT2D eigenvalue weighted by molar-refractivity contribution is 0.0240. The summed E-state index contributed by atoms with van der Waals surface area (Å²) in [6.07, 6.45) is -0.280. The summed E-state index contributed by atoms with van der Waals surface area (Å²) >= 11 is 12.6. The molecule has 0 atom stereocenters. The van der Waals surface area contributed by atoms with Crippen LogP contribution < -0.4 is 4.90 Å². The lowest BCUT2D eigenvalue weighted by Gasteiger charge is -2.36.